The molecule has 0 atom stereocenters. The summed E-state index contributed by atoms with van der Waals surface area (Å²) in [5.74, 6) is -0.863. The van der Waals surface area contributed by atoms with Crippen LogP contribution in [0.1, 0.15) is 34.3 Å². The van der Waals surface area contributed by atoms with E-state index in [0.717, 1.165) is 15.7 Å². The summed E-state index contributed by atoms with van der Waals surface area (Å²) in [7, 11) is 0. The number of hydrogen-bond donors (Lipinski definition) is 2. The van der Waals surface area contributed by atoms with Gasteiger partial charge in [-0.15, -0.1) is 0 Å². The van der Waals surface area contributed by atoms with Gasteiger partial charge in [0.1, 0.15) is 16.9 Å². The standard InChI is InChI=1S/C19H16F3I2NO3/c20-19(21,22)12-3-1-11(2-4-12)18(5-7-25-8-6-18)28-17(27)14-9-13(23)10-15(24)16(14)26/h1-4,9-10,25-26H,5-8H2. The van der Waals surface area contributed by atoms with Crippen molar-refractivity contribution in [1.29, 1.82) is 0 Å². The molecule has 0 radical (unpaired) electrons. The minimum atomic E-state index is -4.43. The number of nitrogens with one attached hydrogen (secondary N) is 1. The Morgan fingerprint density at radius 1 is 1.11 bits per heavy atom. The average molecular weight is 617 g/mol. The van der Waals surface area contributed by atoms with Crippen LogP contribution in [0.5, 0.6) is 5.75 Å². The van der Waals surface area contributed by atoms with Crippen molar-refractivity contribution >= 4 is 51.2 Å². The number of esters is 1. The first-order valence-corrected chi connectivity index (χ1v) is 10.6. The Hall–Kier alpha value is -1.08. The van der Waals surface area contributed by atoms with Gasteiger partial charge >= 0.3 is 12.1 Å². The molecular formula is C19H16F3I2NO3. The highest BCUT2D eigenvalue weighted by molar-refractivity contribution is 14.1. The Morgan fingerprint density at radius 2 is 1.71 bits per heavy atom. The van der Waals surface area contributed by atoms with Gasteiger partial charge in [0.25, 0.3) is 0 Å². The maximum Gasteiger partial charge on any atom is 0.416 e. The van der Waals surface area contributed by atoms with Crippen molar-refractivity contribution in [3.63, 3.8) is 0 Å². The molecule has 1 heterocycles. The van der Waals surface area contributed by atoms with Gasteiger partial charge in [-0.2, -0.15) is 13.2 Å². The van der Waals surface area contributed by atoms with Crippen LogP contribution < -0.4 is 5.32 Å². The summed E-state index contributed by atoms with van der Waals surface area (Å²) in [6.45, 7) is 1.12. The average Bonchev–Trinajstić information content (AvgIpc) is 2.64. The first kappa shape index (κ1) is 21.6. The molecule has 0 unspecified atom stereocenters. The SMILES string of the molecule is O=C(OC1(c2ccc(C(F)(F)F)cc2)CCNCC1)c1cc(I)cc(I)c1O. The molecule has 0 bridgehead atoms. The Bertz CT molecular complexity index is 879. The molecule has 2 aromatic carbocycles. The van der Waals surface area contributed by atoms with E-state index in [4.69, 9.17) is 4.74 Å². The molecule has 0 spiro atoms. The zero-order valence-electron chi connectivity index (χ0n) is 14.4. The third-order valence-electron chi connectivity index (χ3n) is 4.69. The second-order valence-electron chi connectivity index (χ2n) is 6.49. The molecule has 0 saturated carbocycles. The number of ether oxygens (including phenoxy) is 1. The number of aromatic hydroxyl groups is 1. The van der Waals surface area contributed by atoms with E-state index in [2.05, 4.69) is 5.32 Å². The fraction of sp³-hybridized carbons (Fsp3) is 0.316. The van der Waals surface area contributed by atoms with E-state index in [1.807, 2.05) is 45.2 Å². The number of alkyl halides is 3. The zero-order chi connectivity index (χ0) is 20.5. The fourth-order valence-corrected chi connectivity index (χ4v) is 5.04. The number of halogens is 5. The molecule has 0 amide bonds. The van der Waals surface area contributed by atoms with Crippen molar-refractivity contribution in [3.8, 4) is 5.75 Å². The number of carbonyl (C=O) groups is 1. The highest BCUT2D eigenvalue weighted by Crippen LogP contribution is 2.39. The Balaban J connectivity index is 1.95. The molecule has 9 heteroatoms. The molecule has 2 aromatic rings. The van der Waals surface area contributed by atoms with Crippen LogP contribution in [-0.2, 0) is 16.5 Å². The first-order valence-electron chi connectivity index (χ1n) is 8.42. The van der Waals surface area contributed by atoms with Gasteiger partial charge in [0.15, 0.2) is 0 Å². The number of hydrogen-bond acceptors (Lipinski definition) is 4. The van der Waals surface area contributed by atoms with Gasteiger partial charge in [-0.3, -0.25) is 0 Å². The molecule has 4 nitrogen and oxygen atoms in total. The zero-order valence-corrected chi connectivity index (χ0v) is 18.8. The van der Waals surface area contributed by atoms with Crippen molar-refractivity contribution in [3.05, 3.63) is 60.2 Å². The first-order chi connectivity index (χ1) is 13.1. The van der Waals surface area contributed by atoms with Gasteiger partial charge in [0.2, 0.25) is 0 Å². The summed E-state index contributed by atoms with van der Waals surface area (Å²) >= 11 is 3.96. The van der Waals surface area contributed by atoms with Crippen molar-refractivity contribution in [1.82, 2.24) is 5.32 Å². The van der Waals surface area contributed by atoms with Crippen molar-refractivity contribution < 1.29 is 27.8 Å². The number of rotatable bonds is 3. The molecule has 1 aliphatic rings. The van der Waals surface area contributed by atoms with Crippen molar-refractivity contribution in [2.75, 3.05) is 13.1 Å². The molecule has 1 saturated heterocycles. The predicted octanol–water partition coefficient (Wildman–Crippen LogP) is 5.06. The van der Waals surface area contributed by atoms with Crippen LogP contribution in [0.25, 0.3) is 0 Å². The lowest BCUT2D eigenvalue weighted by molar-refractivity contribution is -0.137. The van der Waals surface area contributed by atoms with Crippen LogP contribution >= 0.6 is 45.2 Å². The van der Waals surface area contributed by atoms with E-state index in [1.165, 1.54) is 18.2 Å². The van der Waals surface area contributed by atoms with Crippen LogP contribution in [-0.4, -0.2) is 24.2 Å². The number of phenolic OH excluding ortho intramolecular Hbond substituents is 1. The lowest BCUT2D eigenvalue weighted by atomic mass is 9.84. The second-order valence-corrected chi connectivity index (χ2v) is 8.90. The summed E-state index contributed by atoms with van der Waals surface area (Å²) in [4.78, 5) is 12.9. The normalized spacial score (nSPS) is 16.6. The van der Waals surface area contributed by atoms with E-state index in [0.29, 0.717) is 35.1 Å². The highest BCUT2D eigenvalue weighted by Gasteiger charge is 2.39. The molecule has 0 aromatic heterocycles. The van der Waals surface area contributed by atoms with E-state index in [-0.39, 0.29) is 11.3 Å². The number of carbonyl (C=O) groups excluding carboxylic acids is 1. The number of piperidine rings is 1. The van der Waals surface area contributed by atoms with Crippen LogP contribution in [0.4, 0.5) is 13.2 Å². The monoisotopic (exact) mass is 617 g/mol. The second kappa shape index (κ2) is 8.34. The Labute approximate surface area is 187 Å². The van der Waals surface area contributed by atoms with E-state index < -0.39 is 23.3 Å². The molecule has 1 aliphatic heterocycles. The van der Waals surface area contributed by atoms with Crippen molar-refractivity contribution in [2.45, 2.75) is 24.6 Å². The highest BCUT2D eigenvalue weighted by atomic mass is 127. The van der Waals surface area contributed by atoms with E-state index in [9.17, 15) is 23.1 Å². The quantitative estimate of drug-likeness (QED) is 0.374. The van der Waals surface area contributed by atoms with E-state index in [1.54, 1.807) is 6.07 Å². The maximum absolute atomic E-state index is 12.9. The van der Waals surface area contributed by atoms with Gasteiger partial charge in [-0.1, -0.05) is 12.1 Å². The van der Waals surface area contributed by atoms with Gasteiger partial charge in [0, 0.05) is 16.4 Å². The largest absolute Gasteiger partial charge is 0.506 e. The van der Waals surface area contributed by atoms with Gasteiger partial charge in [0.05, 0.1) is 9.13 Å². The molecule has 3 rings (SSSR count). The molecule has 2 N–H and O–H groups in total. The summed E-state index contributed by atoms with van der Waals surface area (Å²) < 4.78 is 45.8. The Morgan fingerprint density at radius 3 is 2.29 bits per heavy atom. The summed E-state index contributed by atoms with van der Waals surface area (Å²) in [6.07, 6.45) is -3.59. The summed E-state index contributed by atoms with van der Waals surface area (Å²) in [6, 6.07) is 7.97. The molecular weight excluding hydrogens is 601 g/mol. The van der Waals surface area contributed by atoms with E-state index >= 15 is 0 Å². The lowest BCUT2D eigenvalue weighted by Crippen LogP contribution is -2.43. The number of benzene rings is 2. The summed E-state index contributed by atoms with van der Waals surface area (Å²) in [5.41, 5.74) is -1.25. The van der Waals surface area contributed by atoms with Crippen LogP contribution in [0.15, 0.2) is 36.4 Å². The van der Waals surface area contributed by atoms with Gasteiger partial charge in [-0.25, -0.2) is 4.79 Å². The third kappa shape index (κ3) is 4.56. The lowest BCUT2D eigenvalue weighted by Gasteiger charge is -2.37. The topological polar surface area (TPSA) is 58.6 Å². The van der Waals surface area contributed by atoms with Crippen LogP contribution in [0, 0.1) is 7.14 Å². The summed E-state index contributed by atoms with van der Waals surface area (Å²) in [5, 5.41) is 13.4. The predicted molar refractivity (Wildman–Crippen MR) is 114 cm³/mol. The maximum atomic E-state index is 12.9. The fourth-order valence-electron chi connectivity index (χ4n) is 3.20. The van der Waals surface area contributed by atoms with Gasteiger partial charge in [-0.05, 0) is 88.1 Å². The molecule has 0 aliphatic carbocycles. The van der Waals surface area contributed by atoms with Crippen LogP contribution in [0.3, 0.4) is 0 Å². The third-order valence-corrected chi connectivity index (χ3v) is 6.13. The van der Waals surface area contributed by atoms with Gasteiger partial charge < -0.3 is 15.2 Å². The molecule has 1 fully saturated rings. The number of phenols is 1. The Kier molecular flexibility index (Phi) is 6.44. The minimum absolute atomic E-state index is 0.0427. The minimum Gasteiger partial charge on any atom is -0.506 e. The van der Waals surface area contributed by atoms with Crippen molar-refractivity contribution in [2.24, 2.45) is 0 Å². The van der Waals surface area contributed by atoms with Crippen LogP contribution in [0.2, 0.25) is 0 Å². The molecule has 150 valence electrons. The molecule has 28 heavy (non-hydrogen) atoms. The smallest absolute Gasteiger partial charge is 0.416 e.